The molecule has 1 fully saturated rings. The second-order valence-corrected chi connectivity index (χ2v) is 6.23. The summed E-state index contributed by atoms with van der Waals surface area (Å²) in [7, 11) is 0. The van der Waals surface area contributed by atoms with Gasteiger partial charge >= 0.3 is 0 Å². The topological polar surface area (TPSA) is 65.2 Å². The van der Waals surface area contributed by atoms with Crippen molar-refractivity contribution in [1.82, 2.24) is 4.98 Å². The van der Waals surface area contributed by atoms with Crippen LogP contribution in [0.1, 0.15) is 28.4 Å². The van der Waals surface area contributed by atoms with Crippen molar-refractivity contribution in [1.29, 1.82) is 0 Å². The van der Waals surface area contributed by atoms with E-state index in [1.807, 2.05) is 13.8 Å². The molecule has 0 spiro atoms. The van der Waals surface area contributed by atoms with Crippen molar-refractivity contribution < 1.29 is 9.53 Å². The molecular formula is C13H20N2O2S. The van der Waals surface area contributed by atoms with Crippen molar-refractivity contribution in [2.45, 2.75) is 33.1 Å². The van der Waals surface area contributed by atoms with Gasteiger partial charge in [0, 0.05) is 30.1 Å². The van der Waals surface area contributed by atoms with E-state index in [2.05, 4.69) is 4.98 Å². The normalized spacial score (nSPS) is 18.8. The fourth-order valence-electron chi connectivity index (χ4n) is 2.30. The first-order valence-corrected chi connectivity index (χ1v) is 7.13. The molecule has 1 aromatic rings. The third kappa shape index (κ3) is 2.63. The third-order valence-electron chi connectivity index (χ3n) is 3.82. The van der Waals surface area contributed by atoms with Crippen LogP contribution in [-0.2, 0) is 16.0 Å². The number of nitrogens with zero attached hydrogens (tertiary/aromatic N) is 1. The van der Waals surface area contributed by atoms with Crippen molar-refractivity contribution >= 4 is 17.1 Å². The molecular weight excluding hydrogens is 248 g/mol. The summed E-state index contributed by atoms with van der Waals surface area (Å²) in [5, 5.41) is 0.911. The summed E-state index contributed by atoms with van der Waals surface area (Å²) < 4.78 is 5.33. The van der Waals surface area contributed by atoms with E-state index in [1.54, 1.807) is 11.3 Å². The van der Waals surface area contributed by atoms with Crippen LogP contribution in [-0.4, -0.2) is 30.5 Å². The molecule has 0 aromatic carbocycles. The highest BCUT2D eigenvalue weighted by Crippen LogP contribution is 2.32. The molecule has 2 rings (SSSR count). The van der Waals surface area contributed by atoms with E-state index in [1.165, 1.54) is 4.88 Å². The van der Waals surface area contributed by atoms with Gasteiger partial charge in [0.15, 0.2) is 0 Å². The number of nitrogens with two attached hydrogens (primary N) is 1. The number of aryl methyl sites for hydroxylation is 2. The number of aromatic nitrogens is 1. The molecule has 18 heavy (non-hydrogen) atoms. The number of ether oxygens (including phenoxy) is 1. The van der Waals surface area contributed by atoms with E-state index in [0.717, 1.165) is 23.5 Å². The Morgan fingerprint density at radius 1 is 1.44 bits per heavy atom. The molecule has 0 saturated carbocycles. The monoisotopic (exact) mass is 268 g/mol. The molecule has 0 radical (unpaired) electrons. The van der Waals surface area contributed by atoms with Gasteiger partial charge < -0.3 is 10.5 Å². The number of carbonyl (C=O) groups is 1. The molecule has 100 valence electrons. The third-order valence-corrected chi connectivity index (χ3v) is 4.89. The first-order valence-electron chi connectivity index (χ1n) is 6.31. The first kappa shape index (κ1) is 13.6. The molecule has 2 heterocycles. The quantitative estimate of drug-likeness (QED) is 0.901. The van der Waals surface area contributed by atoms with Crippen LogP contribution >= 0.6 is 11.3 Å². The van der Waals surface area contributed by atoms with E-state index in [9.17, 15) is 4.79 Å². The maximum Gasteiger partial charge on any atom is 0.147 e. The molecule has 0 amide bonds. The molecule has 0 aliphatic carbocycles. The second-order valence-electron chi connectivity index (χ2n) is 4.95. The Kier molecular flexibility index (Phi) is 4.14. The minimum Gasteiger partial charge on any atom is -0.381 e. The fourth-order valence-corrected chi connectivity index (χ4v) is 3.23. The van der Waals surface area contributed by atoms with Gasteiger partial charge in [-0.25, -0.2) is 4.98 Å². The summed E-state index contributed by atoms with van der Waals surface area (Å²) in [6, 6.07) is 0. The number of rotatable bonds is 4. The summed E-state index contributed by atoms with van der Waals surface area (Å²) in [5.74, 6) is 0.224. The predicted molar refractivity (Wildman–Crippen MR) is 71.8 cm³/mol. The van der Waals surface area contributed by atoms with Crippen molar-refractivity contribution in [3.8, 4) is 0 Å². The first-order chi connectivity index (χ1) is 8.57. The number of ketones is 1. The van der Waals surface area contributed by atoms with E-state index >= 15 is 0 Å². The average molecular weight is 268 g/mol. The fraction of sp³-hybridized carbons (Fsp3) is 0.692. The highest BCUT2D eigenvalue weighted by molar-refractivity contribution is 7.11. The van der Waals surface area contributed by atoms with Gasteiger partial charge in [-0.2, -0.15) is 0 Å². The minimum absolute atomic E-state index is 0.224. The van der Waals surface area contributed by atoms with Gasteiger partial charge in [-0.05, 0) is 26.7 Å². The Hall–Kier alpha value is -0.780. The van der Waals surface area contributed by atoms with Crippen molar-refractivity contribution in [2.24, 2.45) is 11.1 Å². The molecule has 0 atom stereocenters. The van der Waals surface area contributed by atoms with Gasteiger partial charge in [-0.3, -0.25) is 4.79 Å². The Labute approximate surface area is 112 Å². The van der Waals surface area contributed by atoms with Crippen LogP contribution in [0.5, 0.6) is 0 Å². The van der Waals surface area contributed by atoms with Crippen LogP contribution in [0, 0.1) is 19.3 Å². The van der Waals surface area contributed by atoms with E-state index in [4.69, 9.17) is 10.5 Å². The Morgan fingerprint density at radius 3 is 2.61 bits per heavy atom. The van der Waals surface area contributed by atoms with Crippen molar-refractivity contribution in [3.63, 3.8) is 0 Å². The Balaban J connectivity index is 2.10. The molecule has 0 unspecified atom stereocenters. The van der Waals surface area contributed by atoms with Gasteiger partial charge in [0.2, 0.25) is 0 Å². The van der Waals surface area contributed by atoms with Crippen LogP contribution in [0.15, 0.2) is 0 Å². The molecule has 0 bridgehead atoms. The maximum absolute atomic E-state index is 12.5. The van der Waals surface area contributed by atoms with Crippen molar-refractivity contribution in [2.75, 3.05) is 19.8 Å². The zero-order chi connectivity index (χ0) is 13.2. The smallest absolute Gasteiger partial charge is 0.147 e. The van der Waals surface area contributed by atoms with Gasteiger partial charge in [-0.1, -0.05) is 0 Å². The number of Topliss-reactive ketones (excluding diaryl/α,β-unsaturated/α-hetero) is 1. The van der Waals surface area contributed by atoms with E-state index < -0.39 is 0 Å². The summed E-state index contributed by atoms with van der Waals surface area (Å²) in [6.45, 7) is 5.71. The summed E-state index contributed by atoms with van der Waals surface area (Å²) in [6.07, 6.45) is 1.90. The average Bonchev–Trinajstić information content (AvgIpc) is 2.69. The molecule has 1 saturated heterocycles. The van der Waals surface area contributed by atoms with Gasteiger partial charge in [-0.15, -0.1) is 11.3 Å². The van der Waals surface area contributed by atoms with Crippen molar-refractivity contribution in [3.05, 3.63) is 15.6 Å². The number of thiazole rings is 1. The highest BCUT2D eigenvalue weighted by Gasteiger charge is 2.38. The second kappa shape index (κ2) is 5.47. The SMILES string of the molecule is Cc1nc(CC(=O)C2(CN)CCOCC2)sc1C. The molecule has 2 N–H and O–H groups in total. The molecule has 1 aliphatic rings. The lowest BCUT2D eigenvalue weighted by molar-refractivity contribution is -0.132. The van der Waals surface area contributed by atoms with Crippen LogP contribution in [0.3, 0.4) is 0 Å². The Bertz CT molecular complexity index is 417. The lowest BCUT2D eigenvalue weighted by Crippen LogP contribution is -2.44. The number of carbonyl (C=O) groups excluding carboxylic acids is 1. The van der Waals surface area contributed by atoms with Crippen LogP contribution in [0.4, 0.5) is 0 Å². The van der Waals surface area contributed by atoms with Crippen LogP contribution in [0.25, 0.3) is 0 Å². The Morgan fingerprint density at radius 2 is 2.11 bits per heavy atom. The van der Waals surface area contributed by atoms with E-state index in [-0.39, 0.29) is 11.2 Å². The minimum atomic E-state index is -0.383. The molecule has 1 aromatic heterocycles. The standard InChI is InChI=1S/C13H20N2O2S/c1-9-10(2)18-12(15-9)7-11(16)13(8-14)3-5-17-6-4-13/h3-8,14H2,1-2H3. The highest BCUT2D eigenvalue weighted by atomic mass is 32.1. The number of hydrogen-bond donors (Lipinski definition) is 1. The summed E-state index contributed by atoms with van der Waals surface area (Å²) in [4.78, 5) is 18.1. The predicted octanol–water partition coefficient (Wildman–Crippen LogP) is 1.63. The molecule has 4 nitrogen and oxygen atoms in total. The number of hydrogen-bond acceptors (Lipinski definition) is 5. The lowest BCUT2D eigenvalue weighted by Gasteiger charge is -2.34. The van der Waals surface area contributed by atoms with Crippen LogP contribution < -0.4 is 5.73 Å². The summed E-state index contributed by atoms with van der Waals surface area (Å²) >= 11 is 1.61. The summed E-state index contributed by atoms with van der Waals surface area (Å²) in [5.41, 5.74) is 6.48. The molecule has 5 heteroatoms. The van der Waals surface area contributed by atoms with E-state index in [0.29, 0.717) is 26.2 Å². The van der Waals surface area contributed by atoms with Gasteiger partial charge in [0.25, 0.3) is 0 Å². The zero-order valence-electron chi connectivity index (χ0n) is 11.0. The lowest BCUT2D eigenvalue weighted by atomic mass is 9.75. The van der Waals surface area contributed by atoms with Gasteiger partial charge in [0.1, 0.15) is 10.8 Å². The largest absolute Gasteiger partial charge is 0.381 e. The maximum atomic E-state index is 12.5. The zero-order valence-corrected chi connectivity index (χ0v) is 11.8. The van der Waals surface area contributed by atoms with Gasteiger partial charge in [0.05, 0.1) is 12.1 Å². The van der Waals surface area contributed by atoms with Crippen LogP contribution in [0.2, 0.25) is 0 Å². The molecule has 1 aliphatic heterocycles.